The number of rotatable bonds is 3. The monoisotopic (exact) mass is 213 g/mol. The summed E-state index contributed by atoms with van der Waals surface area (Å²) in [5, 5.41) is 0. The Morgan fingerprint density at radius 3 is 2.60 bits per heavy atom. The van der Waals surface area contributed by atoms with Gasteiger partial charge in [0.25, 0.3) is 0 Å². The van der Waals surface area contributed by atoms with E-state index in [1.807, 2.05) is 7.11 Å². The maximum Gasteiger partial charge on any atom is 0.0832 e. The first kappa shape index (κ1) is 11.4. The summed E-state index contributed by atoms with van der Waals surface area (Å²) in [6, 6.07) is 0.158. The van der Waals surface area contributed by atoms with Crippen LogP contribution < -0.4 is 5.73 Å². The van der Waals surface area contributed by atoms with Crippen molar-refractivity contribution in [1.82, 2.24) is 0 Å². The highest BCUT2D eigenvalue weighted by Crippen LogP contribution is 2.38. The van der Waals surface area contributed by atoms with Crippen molar-refractivity contribution < 1.29 is 9.47 Å². The molecule has 2 fully saturated rings. The fraction of sp³-hybridized carbons (Fsp3) is 1.00. The highest BCUT2D eigenvalue weighted by molar-refractivity contribution is 4.98. The van der Waals surface area contributed by atoms with Gasteiger partial charge in [0.2, 0.25) is 0 Å². The maximum absolute atomic E-state index is 6.39. The zero-order valence-corrected chi connectivity index (χ0v) is 9.71. The molecule has 3 heteroatoms. The second-order valence-corrected chi connectivity index (χ2v) is 4.98. The predicted molar refractivity (Wildman–Crippen MR) is 59.7 cm³/mol. The Hall–Kier alpha value is -0.120. The molecule has 0 bridgehead atoms. The minimum absolute atomic E-state index is 0.0502. The van der Waals surface area contributed by atoms with E-state index in [0.717, 1.165) is 32.5 Å². The van der Waals surface area contributed by atoms with Crippen molar-refractivity contribution in [3.8, 4) is 0 Å². The van der Waals surface area contributed by atoms with Crippen molar-refractivity contribution in [2.75, 3.05) is 20.3 Å². The molecule has 1 saturated carbocycles. The highest BCUT2D eigenvalue weighted by atomic mass is 16.5. The lowest BCUT2D eigenvalue weighted by atomic mass is 9.81. The molecular formula is C12H23NO2. The lowest BCUT2D eigenvalue weighted by Gasteiger charge is -2.40. The van der Waals surface area contributed by atoms with Crippen LogP contribution in [0.25, 0.3) is 0 Å². The van der Waals surface area contributed by atoms with Crippen LogP contribution >= 0.6 is 0 Å². The standard InChI is InChI=1S/C12H23NO2/c1-14-12(6-2-3-7-12)11(13)10-5-4-8-15-9-10/h10-11H,2-9,13H2,1H3. The minimum Gasteiger partial charge on any atom is -0.381 e. The van der Waals surface area contributed by atoms with E-state index >= 15 is 0 Å². The third-order valence-electron chi connectivity index (χ3n) is 4.17. The molecule has 0 aromatic rings. The summed E-state index contributed by atoms with van der Waals surface area (Å²) < 4.78 is 11.2. The van der Waals surface area contributed by atoms with Crippen molar-refractivity contribution >= 4 is 0 Å². The first-order valence-electron chi connectivity index (χ1n) is 6.17. The van der Waals surface area contributed by atoms with E-state index in [0.29, 0.717) is 5.92 Å². The van der Waals surface area contributed by atoms with E-state index in [2.05, 4.69) is 0 Å². The summed E-state index contributed by atoms with van der Waals surface area (Å²) in [7, 11) is 1.81. The van der Waals surface area contributed by atoms with Gasteiger partial charge in [-0.2, -0.15) is 0 Å². The number of nitrogens with two attached hydrogens (primary N) is 1. The predicted octanol–water partition coefficient (Wildman–Crippen LogP) is 1.70. The smallest absolute Gasteiger partial charge is 0.0832 e. The van der Waals surface area contributed by atoms with E-state index < -0.39 is 0 Å². The van der Waals surface area contributed by atoms with Gasteiger partial charge in [0.05, 0.1) is 12.2 Å². The normalized spacial score (nSPS) is 32.8. The number of hydrogen-bond acceptors (Lipinski definition) is 3. The summed E-state index contributed by atoms with van der Waals surface area (Å²) in [6.45, 7) is 1.73. The van der Waals surface area contributed by atoms with E-state index in [1.165, 1.54) is 19.3 Å². The Morgan fingerprint density at radius 2 is 2.07 bits per heavy atom. The van der Waals surface area contributed by atoms with Gasteiger partial charge in [-0.05, 0) is 25.7 Å². The molecule has 1 aliphatic carbocycles. The van der Waals surface area contributed by atoms with Crippen LogP contribution in [0.15, 0.2) is 0 Å². The number of methoxy groups -OCH3 is 1. The maximum atomic E-state index is 6.39. The average Bonchev–Trinajstić information content (AvgIpc) is 2.79. The lowest BCUT2D eigenvalue weighted by Crippen LogP contribution is -2.53. The molecule has 2 N–H and O–H groups in total. The van der Waals surface area contributed by atoms with Crippen molar-refractivity contribution in [1.29, 1.82) is 0 Å². The molecule has 1 saturated heterocycles. The molecule has 3 nitrogen and oxygen atoms in total. The number of ether oxygens (including phenoxy) is 2. The Morgan fingerprint density at radius 1 is 1.33 bits per heavy atom. The van der Waals surface area contributed by atoms with Crippen molar-refractivity contribution in [2.24, 2.45) is 11.7 Å². The first-order valence-corrected chi connectivity index (χ1v) is 6.17. The second-order valence-electron chi connectivity index (χ2n) is 4.98. The van der Waals surface area contributed by atoms with Crippen LogP contribution in [-0.2, 0) is 9.47 Å². The molecule has 2 rings (SSSR count). The molecule has 0 aromatic heterocycles. The quantitative estimate of drug-likeness (QED) is 0.776. The summed E-state index contributed by atoms with van der Waals surface area (Å²) in [6.07, 6.45) is 7.12. The number of hydrogen-bond donors (Lipinski definition) is 1. The minimum atomic E-state index is -0.0502. The molecule has 0 aromatic carbocycles. The average molecular weight is 213 g/mol. The van der Waals surface area contributed by atoms with Crippen LogP contribution in [-0.4, -0.2) is 32.0 Å². The molecule has 88 valence electrons. The van der Waals surface area contributed by atoms with Gasteiger partial charge in [-0.1, -0.05) is 12.8 Å². The fourth-order valence-electron chi connectivity index (χ4n) is 3.13. The molecule has 1 aliphatic heterocycles. The van der Waals surface area contributed by atoms with E-state index in [1.54, 1.807) is 0 Å². The molecule has 2 atom stereocenters. The van der Waals surface area contributed by atoms with E-state index in [-0.39, 0.29) is 11.6 Å². The van der Waals surface area contributed by atoms with E-state index in [4.69, 9.17) is 15.2 Å². The summed E-state index contributed by atoms with van der Waals surface area (Å²) >= 11 is 0. The third-order valence-corrected chi connectivity index (χ3v) is 4.17. The van der Waals surface area contributed by atoms with Crippen molar-refractivity contribution in [2.45, 2.75) is 50.2 Å². The van der Waals surface area contributed by atoms with Crippen LogP contribution in [0.1, 0.15) is 38.5 Å². The van der Waals surface area contributed by atoms with Crippen LogP contribution in [0, 0.1) is 5.92 Å². The Labute approximate surface area is 92.3 Å². The van der Waals surface area contributed by atoms with Crippen LogP contribution in [0.3, 0.4) is 0 Å². The van der Waals surface area contributed by atoms with Crippen LogP contribution in [0.4, 0.5) is 0 Å². The Kier molecular flexibility index (Phi) is 3.65. The molecule has 2 unspecified atom stereocenters. The zero-order valence-electron chi connectivity index (χ0n) is 9.71. The Balaban J connectivity index is 2.00. The van der Waals surface area contributed by atoms with Gasteiger partial charge in [-0.15, -0.1) is 0 Å². The zero-order chi connectivity index (χ0) is 10.7. The topological polar surface area (TPSA) is 44.5 Å². The molecule has 15 heavy (non-hydrogen) atoms. The van der Waals surface area contributed by atoms with Crippen molar-refractivity contribution in [3.05, 3.63) is 0 Å². The van der Waals surface area contributed by atoms with Gasteiger partial charge in [0.1, 0.15) is 0 Å². The van der Waals surface area contributed by atoms with Gasteiger partial charge in [-0.3, -0.25) is 0 Å². The van der Waals surface area contributed by atoms with Crippen LogP contribution in [0.5, 0.6) is 0 Å². The first-order chi connectivity index (χ1) is 7.28. The second kappa shape index (κ2) is 4.81. The van der Waals surface area contributed by atoms with Gasteiger partial charge in [0, 0.05) is 25.7 Å². The molecule has 0 radical (unpaired) electrons. The Bertz CT molecular complexity index is 196. The SMILES string of the molecule is COC1(C(N)C2CCCOC2)CCCC1. The molecular weight excluding hydrogens is 190 g/mol. The summed E-state index contributed by atoms with van der Waals surface area (Å²) in [5.74, 6) is 0.497. The molecule has 2 aliphatic rings. The fourth-order valence-corrected chi connectivity index (χ4v) is 3.13. The lowest BCUT2D eigenvalue weighted by molar-refractivity contribution is -0.0633. The third kappa shape index (κ3) is 2.19. The molecule has 0 amide bonds. The van der Waals surface area contributed by atoms with Crippen molar-refractivity contribution in [3.63, 3.8) is 0 Å². The van der Waals surface area contributed by atoms with Gasteiger partial charge < -0.3 is 15.2 Å². The summed E-state index contributed by atoms with van der Waals surface area (Å²) in [5.41, 5.74) is 6.34. The largest absolute Gasteiger partial charge is 0.381 e. The van der Waals surface area contributed by atoms with E-state index in [9.17, 15) is 0 Å². The van der Waals surface area contributed by atoms with Gasteiger partial charge >= 0.3 is 0 Å². The molecule has 0 spiro atoms. The van der Waals surface area contributed by atoms with Gasteiger partial charge in [-0.25, -0.2) is 0 Å². The van der Waals surface area contributed by atoms with Crippen LogP contribution in [0.2, 0.25) is 0 Å². The highest BCUT2D eigenvalue weighted by Gasteiger charge is 2.43. The molecule has 1 heterocycles. The summed E-state index contributed by atoms with van der Waals surface area (Å²) in [4.78, 5) is 0. The van der Waals surface area contributed by atoms with Gasteiger partial charge in [0.15, 0.2) is 0 Å².